The maximum Gasteiger partial charge on any atom is 0.156 e. The Morgan fingerprint density at radius 1 is 0.778 bits per heavy atom. The third kappa shape index (κ3) is 2.60. The summed E-state index contributed by atoms with van der Waals surface area (Å²) in [5.41, 5.74) is 1.14. The van der Waals surface area contributed by atoms with E-state index in [1.807, 2.05) is 0 Å². The van der Waals surface area contributed by atoms with Crippen LogP contribution in [0.4, 0.5) is 11.6 Å². The maximum absolute atomic E-state index is 8.79. The summed E-state index contributed by atoms with van der Waals surface area (Å²) < 4.78 is 0. The van der Waals surface area contributed by atoms with E-state index < -0.39 is 0 Å². The van der Waals surface area contributed by atoms with E-state index in [-0.39, 0.29) is 13.2 Å². The summed E-state index contributed by atoms with van der Waals surface area (Å²) in [6.07, 6.45) is 2.80. The minimum Gasteiger partial charge on any atom is -0.395 e. The number of hydrogen-bond donors (Lipinski definition) is 4. The molecule has 2 aromatic rings. The second-order valence-electron chi connectivity index (χ2n) is 3.44. The molecular formula is C10H14N6O2. The number of aliphatic hydroxyl groups excluding tert-OH is 2. The van der Waals surface area contributed by atoms with Crippen molar-refractivity contribution in [2.45, 2.75) is 0 Å². The van der Waals surface area contributed by atoms with Crippen LogP contribution in [0.3, 0.4) is 0 Å². The van der Waals surface area contributed by atoms with Crippen LogP contribution in [0, 0.1) is 0 Å². The Morgan fingerprint density at radius 2 is 1.22 bits per heavy atom. The zero-order chi connectivity index (χ0) is 12.8. The van der Waals surface area contributed by atoms with Crippen molar-refractivity contribution >= 4 is 22.7 Å². The highest BCUT2D eigenvalue weighted by molar-refractivity contribution is 5.91. The molecule has 0 saturated carbocycles. The van der Waals surface area contributed by atoms with Crippen LogP contribution in [0.5, 0.6) is 0 Å². The molecule has 0 atom stereocenters. The van der Waals surface area contributed by atoms with Crippen molar-refractivity contribution in [3.05, 3.63) is 12.7 Å². The van der Waals surface area contributed by atoms with Crippen LogP contribution in [0.2, 0.25) is 0 Å². The first-order valence-corrected chi connectivity index (χ1v) is 5.52. The molecule has 8 heteroatoms. The zero-order valence-electron chi connectivity index (χ0n) is 9.67. The average Bonchev–Trinajstić information content (AvgIpc) is 2.42. The van der Waals surface area contributed by atoms with Gasteiger partial charge in [0.25, 0.3) is 0 Å². The lowest BCUT2D eigenvalue weighted by Crippen LogP contribution is -2.11. The molecule has 0 fully saturated rings. The highest BCUT2D eigenvalue weighted by atomic mass is 16.3. The topological polar surface area (TPSA) is 116 Å². The fraction of sp³-hybridized carbons (Fsp3) is 0.400. The molecule has 18 heavy (non-hydrogen) atoms. The minimum absolute atomic E-state index is 0.00615. The highest BCUT2D eigenvalue weighted by Crippen LogP contribution is 2.20. The fourth-order valence-electron chi connectivity index (χ4n) is 1.49. The molecule has 0 saturated heterocycles. The van der Waals surface area contributed by atoms with Gasteiger partial charge in [-0.1, -0.05) is 0 Å². The molecule has 8 nitrogen and oxygen atoms in total. The summed E-state index contributed by atoms with van der Waals surface area (Å²) >= 11 is 0. The lowest BCUT2D eigenvalue weighted by molar-refractivity contribution is 0.310. The van der Waals surface area contributed by atoms with Gasteiger partial charge in [0.2, 0.25) is 0 Å². The second-order valence-corrected chi connectivity index (χ2v) is 3.44. The van der Waals surface area contributed by atoms with Crippen molar-refractivity contribution in [3.8, 4) is 0 Å². The maximum atomic E-state index is 8.79. The lowest BCUT2D eigenvalue weighted by Gasteiger charge is -2.09. The normalized spacial score (nSPS) is 10.6. The quantitative estimate of drug-likeness (QED) is 0.528. The van der Waals surface area contributed by atoms with E-state index in [0.717, 1.165) is 0 Å². The van der Waals surface area contributed by atoms with Gasteiger partial charge in [0.15, 0.2) is 11.6 Å². The van der Waals surface area contributed by atoms with Gasteiger partial charge in [-0.15, -0.1) is 0 Å². The standard InChI is InChI=1S/C10H14N6O2/c17-3-1-11-9-7-8(14-5-15-9)10(12-2-4-18)16-6-13-7/h5-6,17-18H,1-4H2,(H,11,14,15)(H,12,13,16). The van der Waals surface area contributed by atoms with E-state index >= 15 is 0 Å². The molecular weight excluding hydrogens is 236 g/mol. The Kier molecular flexibility index (Phi) is 4.15. The van der Waals surface area contributed by atoms with Gasteiger partial charge >= 0.3 is 0 Å². The van der Waals surface area contributed by atoms with Crippen LogP contribution < -0.4 is 10.6 Å². The predicted molar refractivity (Wildman–Crippen MR) is 66.3 cm³/mol. The molecule has 0 aliphatic carbocycles. The van der Waals surface area contributed by atoms with Crippen LogP contribution in [-0.2, 0) is 0 Å². The van der Waals surface area contributed by atoms with Gasteiger partial charge in [-0.05, 0) is 0 Å². The van der Waals surface area contributed by atoms with Crippen molar-refractivity contribution in [2.24, 2.45) is 0 Å². The van der Waals surface area contributed by atoms with E-state index in [4.69, 9.17) is 10.2 Å². The molecule has 4 N–H and O–H groups in total. The van der Waals surface area contributed by atoms with E-state index in [0.29, 0.717) is 35.8 Å². The largest absolute Gasteiger partial charge is 0.395 e. The Morgan fingerprint density at radius 3 is 1.61 bits per heavy atom. The van der Waals surface area contributed by atoms with Gasteiger partial charge in [-0.2, -0.15) is 0 Å². The molecule has 0 aromatic carbocycles. The van der Waals surface area contributed by atoms with Crippen LogP contribution in [0.25, 0.3) is 11.0 Å². The van der Waals surface area contributed by atoms with Crippen LogP contribution >= 0.6 is 0 Å². The molecule has 2 heterocycles. The summed E-state index contributed by atoms with van der Waals surface area (Å²) in [4.78, 5) is 16.4. The molecule has 2 aromatic heterocycles. The van der Waals surface area contributed by atoms with Gasteiger partial charge in [-0.3, -0.25) is 0 Å². The highest BCUT2D eigenvalue weighted by Gasteiger charge is 2.09. The first kappa shape index (κ1) is 12.4. The van der Waals surface area contributed by atoms with Gasteiger partial charge in [-0.25, -0.2) is 19.9 Å². The molecule has 96 valence electrons. The van der Waals surface area contributed by atoms with Gasteiger partial charge < -0.3 is 20.8 Å². The molecule has 0 aliphatic rings. The smallest absolute Gasteiger partial charge is 0.156 e. The molecule has 0 bridgehead atoms. The number of aliphatic hydroxyl groups is 2. The molecule has 0 aliphatic heterocycles. The van der Waals surface area contributed by atoms with Crippen molar-refractivity contribution in [2.75, 3.05) is 36.9 Å². The van der Waals surface area contributed by atoms with Crippen molar-refractivity contribution in [1.82, 2.24) is 19.9 Å². The Balaban J connectivity index is 2.37. The number of aromatic nitrogens is 4. The third-order valence-corrected chi connectivity index (χ3v) is 2.23. The monoisotopic (exact) mass is 250 g/mol. The van der Waals surface area contributed by atoms with Crippen LogP contribution in [0.1, 0.15) is 0 Å². The van der Waals surface area contributed by atoms with Crippen molar-refractivity contribution in [3.63, 3.8) is 0 Å². The number of rotatable bonds is 6. The Hall–Kier alpha value is -2.06. The van der Waals surface area contributed by atoms with Gasteiger partial charge in [0.1, 0.15) is 23.7 Å². The number of hydrogen-bond acceptors (Lipinski definition) is 8. The number of anilines is 2. The van der Waals surface area contributed by atoms with Gasteiger partial charge in [0, 0.05) is 13.1 Å². The van der Waals surface area contributed by atoms with Gasteiger partial charge in [0.05, 0.1) is 13.2 Å². The zero-order valence-corrected chi connectivity index (χ0v) is 9.67. The molecule has 0 unspecified atom stereocenters. The summed E-state index contributed by atoms with van der Waals surface area (Å²) in [5.74, 6) is 1.09. The number of fused-ring (bicyclic) bond motifs is 1. The summed E-state index contributed by atoms with van der Waals surface area (Å²) in [6, 6.07) is 0. The van der Waals surface area contributed by atoms with Crippen LogP contribution in [-0.4, -0.2) is 56.5 Å². The van der Waals surface area contributed by atoms with E-state index in [9.17, 15) is 0 Å². The van der Waals surface area contributed by atoms with E-state index in [2.05, 4.69) is 30.6 Å². The molecule has 2 rings (SSSR count). The predicted octanol–water partition coefficient (Wildman–Crippen LogP) is -0.772. The Labute approximate surface area is 103 Å². The minimum atomic E-state index is 0.00615. The summed E-state index contributed by atoms with van der Waals surface area (Å²) in [5, 5.41) is 23.5. The first-order valence-electron chi connectivity index (χ1n) is 5.52. The number of nitrogens with zero attached hydrogens (tertiary/aromatic N) is 4. The average molecular weight is 250 g/mol. The number of nitrogens with one attached hydrogen (secondary N) is 2. The molecule has 0 spiro atoms. The van der Waals surface area contributed by atoms with E-state index in [1.54, 1.807) is 0 Å². The van der Waals surface area contributed by atoms with Crippen molar-refractivity contribution in [1.29, 1.82) is 0 Å². The lowest BCUT2D eigenvalue weighted by atomic mass is 10.3. The first-order chi connectivity index (χ1) is 8.86. The fourth-order valence-corrected chi connectivity index (χ4v) is 1.49. The Bertz CT molecular complexity index is 473. The summed E-state index contributed by atoms with van der Waals surface area (Å²) in [6.45, 7) is 0.781. The SMILES string of the molecule is OCCNc1ncnc2c(NCCO)ncnc12. The molecule has 0 radical (unpaired) electrons. The molecule has 0 amide bonds. The third-order valence-electron chi connectivity index (χ3n) is 2.23. The second kappa shape index (κ2) is 6.03. The van der Waals surface area contributed by atoms with Crippen LogP contribution in [0.15, 0.2) is 12.7 Å². The van der Waals surface area contributed by atoms with Crippen molar-refractivity contribution < 1.29 is 10.2 Å². The summed E-state index contributed by atoms with van der Waals surface area (Å²) in [7, 11) is 0. The van der Waals surface area contributed by atoms with E-state index in [1.165, 1.54) is 12.7 Å².